The van der Waals surface area contributed by atoms with Crippen LogP contribution in [0.3, 0.4) is 0 Å². The molecule has 0 unspecified atom stereocenters. The molecule has 0 aromatic heterocycles. The summed E-state index contributed by atoms with van der Waals surface area (Å²) in [5.41, 5.74) is 1.85. The van der Waals surface area contributed by atoms with Gasteiger partial charge in [0.25, 0.3) is 0 Å². The number of aryl methyl sites for hydroxylation is 1. The molecule has 2 nitrogen and oxygen atoms in total. The maximum Gasteiger partial charge on any atom is 0.120 e. The molecule has 1 aromatic carbocycles. The van der Waals surface area contributed by atoms with E-state index in [2.05, 4.69) is 12.2 Å². The zero-order valence-electron chi connectivity index (χ0n) is 9.05. The second-order valence-corrected chi connectivity index (χ2v) is 4.87. The smallest absolute Gasteiger partial charge is 0.120 e. The second kappa shape index (κ2) is 4.03. The van der Waals surface area contributed by atoms with Crippen molar-refractivity contribution in [1.29, 1.82) is 0 Å². The third-order valence-corrected chi connectivity index (χ3v) is 3.44. The summed E-state index contributed by atoms with van der Waals surface area (Å²) in [5.74, 6) is 1.01. The van der Waals surface area contributed by atoms with Crippen molar-refractivity contribution in [3.05, 3.63) is 28.3 Å². The highest BCUT2D eigenvalue weighted by molar-refractivity contribution is 6.31. The monoisotopic (exact) mass is 225 g/mol. The van der Waals surface area contributed by atoms with Crippen molar-refractivity contribution in [1.82, 2.24) is 5.32 Å². The van der Waals surface area contributed by atoms with Crippen molar-refractivity contribution in [2.45, 2.75) is 26.3 Å². The minimum atomic E-state index is 0.248. The van der Waals surface area contributed by atoms with Crippen LogP contribution in [0.2, 0.25) is 5.02 Å². The van der Waals surface area contributed by atoms with Gasteiger partial charge in [0.2, 0.25) is 0 Å². The summed E-state index contributed by atoms with van der Waals surface area (Å²) in [7, 11) is 0. The molecule has 0 saturated carbocycles. The first kappa shape index (κ1) is 10.8. The lowest BCUT2D eigenvalue weighted by molar-refractivity contribution is 0.455. The Balaban J connectivity index is 2.32. The highest BCUT2D eigenvalue weighted by Gasteiger charge is 2.24. The summed E-state index contributed by atoms with van der Waals surface area (Å²) in [6.07, 6.45) is 1.06. The SMILES string of the molecule is Cc1cc(O)c([C@@H]2C[C@H](C)CN2)cc1Cl. The van der Waals surface area contributed by atoms with E-state index in [9.17, 15) is 5.11 Å². The quantitative estimate of drug-likeness (QED) is 0.770. The molecule has 0 spiro atoms. The Bertz CT molecular complexity index is 378. The highest BCUT2D eigenvalue weighted by Crippen LogP contribution is 2.35. The minimum absolute atomic E-state index is 0.248. The van der Waals surface area contributed by atoms with Gasteiger partial charge in [0.1, 0.15) is 5.75 Å². The van der Waals surface area contributed by atoms with Crippen molar-refractivity contribution in [3.8, 4) is 5.75 Å². The zero-order chi connectivity index (χ0) is 11.0. The number of nitrogens with one attached hydrogen (secondary N) is 1. The van der Waals surface area contributed by atoms with Gasteiger partial charge in [-0.25, -0.2) is 0 Å². The van der Waals surface area contributed by atoms with Gasteiger partial charge >= 0.3 is 0 Å². The van der Waals surface area contributed by atoms with Crippen LogP contribution in [0.25, 0.3) is 0 Å². The van der Waals surface area contributed by atoms with Gasteiger partial charge in [0.05, 0.1) is 0 Å². The average Bonchev–Trinajstić information content (AvgIpc) is 2.58. The first-order valence-corrected chi connectivity index (χ1v) is 5.68. The molecule has 15 heavy (non-hydrogen) atoms. The molecule has 2 atom stereocenters. The van der Waals surface area contributed by atoms with Crippen LogP contribution >= 0.6 is 11.6 Å². The zero-order valence-corrected chi connectivity index (χ0v) is 9.80. The number of phenolic OH excluding ortho intramolecular Hbond substituents is 1. The van der Waals surface area contributed by atoms with Gasteiger partial charge in [-0.2, -0.15) is 0 Å². The molecule has 1 aliphatic rings. The Hall–Kier alpha value is -0.730. The van der Waals surface area contributed by atoms with Crippen LogP contribution in [-0.2, 0) is 0 Å². The molecule has 2 N–H and O–H groups in total. The lowest BCUT2D eigenvalue weighted by Gasteiger charge is -2.14. The van der Waals surface area contributed by atoms with E-state index in [0.29, 0.717) is 11.7 Å². The predicted octanol–water partition coefficient (Wildman–Crippen LogP) is 3.02. The van der Waals surface area contributed by atoms with E-state index in [4.69, 9.17) is 11.6 Å². The summed E-state index contributed by atoms with van der Waals surface area (Å²) in [4.78, 5) is 0. The van der Waals surface area contributed by atoms with Gasteiger partial charge in [-0.1, -0.05) is 18.5 Å². The maximum atomic E-state index is 9.86. The van der Waals surface area contributed by atoms with E-state index >= 15 is 0 Å². The van der Waals surface area contributed by atoms with Crippen molar-refractivity contribution in [2.75, 3.05) is 6.54 Å². The van der Waals surface area contributed by atoms with Crippen LogP contribution < -0.4 is 5.32 Å². The number of hydrogen-bond acceptors (Lipinski definition) is 2. The second-order valence-electron chi connectivity index (χ2n) is 4.46. The molecule has 0 amide bonds. The van der Waals surface area contributed by atoms with Crippen molar-refractivity contribution in [2.24, 2.45) is 5.92 Å². The normalized spacial score (nSPS) is 25.8. The maximum absolute atomic E-state index is 9.86. The molecule has 2 rings (SSSR count). The van der Waals surface area contributed by atoms with Gasteiger partial charge in [-0.15, -0.1) is 0 Å². The number of rotatable bonds is 1. The van der Waals surface area contributed by atoms with Gasteiger partial charge in [0, 0.05) is 16.6 Å². The number of hydrogen-bond donors (Lipinski definition) is 2. The van der Waals surface area contributed by atoms with E-state index < -0.39 is 0 Å². The van der Waals surface area contributed by atoms with E-state index in [-0.39, 0.29) is 6.04 Å². The number of halogens is 1. The molecule has 1 aromatic rings. The summed E-state index contributed by atoms with van der Waals surface area (Å²) in [6, 6.07) is 3.86. The fourth-order valence-corrected chi connectivity index (χ4v) is 2.28. The van der Waals surface area contributed by atoms with Gasteiger partial charge in [-0.3, -0.25) is 0 Å². The molecular weight excluding hydrogens is 210 g/mol. The van der Waals surface area contributed by atoms with Gasteiger partial charge < -0.3 is 10.4 Å². The van der Waals surface area contributed by atoms with Crippen LogP contribution in [0.15, 0.2) is 12.1 Å². The molecular formula is C12H16ClNO. The Kier molecular flexibility index (Phi) is 2.89. The standard InChI is InChI=1S/C12H16ClNO/c1-7-3-11(14-6-7)9-5-10(13)8(2)4-12(9)15/h4-5,7,11,14-15H,3,6H2,1-2H3/t7-,11-/m0/s1. The van der Waals surface area contributed by atoms with Crippen LogP contribution in [0, 0.1) is 12.8 Å². The summed E-state index contributed by atoms with van der Waals surface area (Å²) < 4.78 is 0. The van der Waals surface area contributed by atoms with Gasteiger partial charge in [0.15, 0.2) is 0 Å². The highest BCUT2D eigenvalue weighted by atomic mass is 35.5. The van der Waals surface area contributed by atoms with E-state index in [1.807, 2.05) is 13.0 Å². The third-order valence-electron chi connectivity index (χ3n) is 3.03. The van der Waals surface area contributed by atoms with Crippen molar-refractivity contribution >= 4 is 11.6 Å². The fourth-order valence-electron chi connectivity index (χ4n) is 2.11. The van der Waals surface area contributed by atoms with E-state index in [0.717, 1.165) is 29.1 Å². The third kappa shape index (κ3) is 2.11. The fraction of sp³-hybridized carbons (Fsp3) is 0.500. The molecule has 0 aliphatic carbocycles. The molecule has 82 valence electrons. The number of phenols is 1. The van der Waals surface area contributed by atoms with Crippen LogP contribution in [0.4, 0.5) is 0 Å². The first-order valence-electron chi connectivity index (χ1n) is 5.30. The number of benzene rings is 1. The van der Waals surface area contributed by atoms with Crippen LogP contribution in [-0.4, -0.2) is 11.7 Å². The Morgan fingerprint density at radius 2 is 2.20 bits per heavy atom. The van der Waals surface area contributed by atoms with E-state index in [1.165, 1.54) is 0 Å². The van der Waals surface area contributed by atoms with Crippen LogP contribution in [0.5, 0.6) is 5.75 Å². The Morgan fingerprint density at radius 1 is 1.47 bits per heavy atom. The average molecular weight is 226 g/mol. The summed E-state index contributed by atoms with van der Waals surface area (Å²) >= 11 is 6.06. The minimum Gasteiger partial charge on any atom is -0.508 e. The van der Waals surface area contributed by atoms with E-state index in [1.54, 1.807) is 6.07 Å². The topological polar surface area (TPSA) is 32.3 Å². The van der Waals surface area contributed by atoms with Crippen molar-refractivity contribution < 1.29 is 5.11 Å². The molecule has 1 aliphatic heterocycles. The first-order chi connectivity index (χ1) is 7.08. The Labute approximate surface area is 95.3 Å². The van der Waals surface area contributed by atoms with Gasteiger partial charge in [-0.05, 0) is 43.5 Å². The largest absolute Gasteiger partial charge is 0.508 e. The lowest BCUT2D eigenvalue weighted by atomic mass is 9.99. The molecule has 1 heterocycles. The number of aromatic hydroxyl groups is 1. The molecule has 1 saturated heterocycles. The lowest BCUT2D eigenvalue weighted by Crippen LogP contribution is -2.13. The molecule has 1 fully saturated rings. The summed E-state index contributed by atoms with van der Waals surface area (Å²) in [6.45, 7) is 5.12. The Morgan fingerprint density at radius 3 is 2.80 bits per heavy atom. The summed E-state index contributed by atoms with van der Waals surface area (Å²) in [5, 5.41) is 14.0. The molecule has 0 radical (unpaired) electrons. The predicted molar refractivity (Wildman–Crippen MR) is 62.4 cm³/mol. The van der Waals surface area contributed by atoms with Crippen molar-refractivity contribution in [3.63, 3.8) is 0 Å². The van der Waals surface area contributed by atoms with Crippen LogP contribution in [0.1, 0.15) is 30.5 Å². The molecule has 3 heteroatoms. The molecule has 0 bridgehead atoms.